The first-order chi connectivity index (χ1) is 11.7. The molecule has 1 atom stereocenters. The number of nitrogens with zero attached hydrogens (tertiary/aromatic N) is 4. The van der Waals surface area contributed by atoms with E-state index in [0.29, 0.717) is 18.6 Å². The Labute approximate surface area is 170 Å². The van der Waals surface area contributed by atoms with Gasteiger partial charge in [0.1, 0.15) is 5.01 Å². The highest BCUT2D eigenvalue weighted by Crippen LogP contribution is 2.21. The summed E-state index contributed by atoms with van der Waals surface area (Å²) in [4.78, 5) is 8.94. The van der Waals surface area contributed by atoms with Crippen LogP contribution in [0.5, 0.6) is 0 Å². The lowest BCUT2D eigenvalue weighted by Crippen LogP contribution is -2.45. The molecule has 2 heterocycles. The molecule has 3 rings (SSSR count). The maximum Gasteiger partial charge on any atom is 0.191 e. The van der Waals surface area contributed by atoms with Crippen molar-refractivity contribution in [1.29, 1.82) is 0 Å². The van der Waals surface area contributed by atoms with Crippen molar-refractivity contribution in [2.45, 2.75) is 58.7 Å². The summed E-state index contributed by atoms with van der Waals surface area (Å²) in [6, 6.07) is 0.793. The summed E-state index contributed by atoms with van der Waals surface area (Å²) < 4.78 is 2.08. The summed E-state index contributed by atoms with van der Waals surface area (Å²) >= 11 is 1.64. The lowest BCUT2D eigenvalue weighted by atomic mass is 9.94. The Hall–Kier alpha value is -1.16. The lowest BCUT2D eigenvalue weighted by molar-refractivity contribution is 0.499. The van der Waals surface area contributed by atoms with Gasteiger partial charge in [0.05, 0.1) is 12.2 Å². The van der Waals surface area contributed by atoms with Crippen LogP contribution in [-0.4, -0.2) is 33.3 Å². The fourth-order valence-electron chi connectivity index (χ4n) is 2.89. The minimum absolute atomic E-state index is 0. The first-order valence-electron chi connectivity index (χ1n) is 8.65. The minimum Gasteiger partial charge on any atom is -0.357 e. The molecule has 8 heteroatoms. The second-order valence-electron chi connectivity index (χ2n) is 6.38. The van der Waals surface area contributed by atoms with Gasteiger partial charge in [-0.3, -0.25) is 4.68 Å². The van der Waals surface area contributed by atoms with Crippen molar-refractivity contribution < 1.29 is 0 Å². The zero-order valence-electron chi connectivity index (χ0n) is 15.0. The number of fused-ring (bicyclic) bond motifs is 1. The fourth-order valence-corrected chi connectivity index (χ4v) is 3.43. The van der Waals surface area contributed by atoms with Crippen LogP contribution in [-0.2, 0) is 19.4 Å². The molecule has 0 fully saturated rings. The number of halogens is 1. The number of aliphatic imine (C=N–C) groups is 1. The molecule has 0 aromatic carbocycles. The van der Waals surface area contributed by atoms with Crippen molar-refractivity contribution in [3.8, 4) is 0 Å². The van der Waals surface area contributed by atoms with Crippen molar-refractivity contribution >= 4 is 41.3 Å². The average Bonchev–Trinajstić information content (AvgIpc) is 3.21. The topological polar surface area (TPSA) is 67.1 Å². The molecule has 1 aliphatic carbocycles. The third-order valence-corrected chi connectivity index (χ3v) is 4.93. The molecular formula is C17H27IN6S. The SMILES string of the molecule is CCNC(=NCc1nccs1)NC1CCc2cn(C(C)C)nc2C1.I. The highest BCUT2D eigenvalue weighted by molar-refractivity contribution is 14.0. The van der Waals surface area contributed by atoms with Crippen LogP contribution in [0.1, 0.15) is 49.5 Å². The number of rotatable bonds is 5. The molecule has 2 aromatic rings. The zero-order chi connectivity index (χ0) is 16.9. The Balaban J connectivity index is 0.00000225. The van der Waals surface area contributed by atoms with Crippen LogP contribution < -0.4 is 10.6 Å². The Bertz CT molecular complexity index is 679. The Morgan fingerprint density at radius 3 is 3.00 bits per heavy atom. The number of thiazole rings is 1. The first kappa shape index (κ1) is 20.2. The van der Waals surface area contributed by atoms with Crippen molar-refractivity contribution in [1.82, 2.24) is 25.4 Å². The van der Waals surface area contributed by atoms with Gasteiger partial charge in [0.25, 0.3) is 0 Å². The van der Waals surface area contributed by atoms with E-state index < -0.39 is 0 Å². The van der Waals surface area contributed by atoms with Gasteiger partial charge >= 0.3 is 0 Å². The lowest BCUT2D eigenvalue weighted by Gasteiger charge is -2.24. The number of guanidine groups is 1. The van der Waals surface area contributed by atoms with E-state index >= 15 is 0 Å². The second-order valence-corrected chi connectivity index (χ2v) is 7.36. The zero-order valence-corrected chi connectivity index (χ0v) is 18.2. The molecule has 2 aromatic heterocycles. The smallest absolute Gasteiger partial charge is 0.191 e. The van der Waals surface area contributed by atoms with Crippen molar-refractivity contribution in [3.63, 3.8) is 0 Å². The summed E-state index contributed by atoms with van der Waals surface area (Å²) in [5.74, 6) is 0.865. The van der Waals surface area contributed by atoms with Crippen LogP contribution in [0.4, 0.5) is 0 Å². The highest BCUT2D eigenvalue weighted by Gasteiger charge is 2.23. The van der Waals surface area contributed by atoms with Gasteiger partial charge in [0.15, 0.2) is 5.96 Å². The van der Waals surface area contributed by atoms with Crippen LogP contribution >= 0.6 is 35.3 Å². The third kappa shape index (κ3) is 5.40. The maximum absolute atomic E-state index is 4.75. The van der Waals surface area contributed by atoms with Crippen LogP contribution in [0.15, 0.2) is 22.8 Å². The van der Waals surface area contributed by atoms with E-state index in [-0.39, 0.29) is 24.0 Å². The predicted molar refractivity (Wildman–Crippen MR) is 114 cm³/mol. The van der Waals surface area contributed by atoms with Gasteiger partial charge in [-0.2, -0.15) is 5.10 Å². The molecule has 0 spiro atoms. The first-order valence-corrected chi connectivity index (χ1v) is 9.53. The number of aryl methyl sites for hydroxylation is 1. The van der Waals surface area contributed by atoms with E-state index in [1.54, 1.807) is 11.3 Å². The van der Waals surface area contributed by atoms with E-state index in [4.69, 9.17) is 5.10 Å². The van der Waals surface area contributed by atoms with E-state index in [2.05, 4.69) is 52.3 Å². The molecule has 0 amide bonds. The van der Waals surface area contributed by atoms with Crippen molar-refractivity contribution in [2.24, 2.45) is 4.99 Å². The second kappa shape index (κ2) is 9.51. The monoisotopic (exact) mass is 474 g/mol. The largest absolute Gasteiger partial charge is 0.357 e. The molecule has 6 nitrogen and oxygen atoms in total. The summed E-state index contributed by atoms with van der Waals surface area (Å²) in [5, 5.41) is 14.7. The Morgan fingerprint density at radius 2 is 2.32 bits per heavy atom. The molecule has 1 unspecified atom stereocenters. The summed E-state index contributed by atoms with van der Waals surface area (Å²) in [6.07, 6.45) is 7.17. The number of nitrogens with one attached hydrogen (secondary N) is 2. The normalized spacial score (nSPS) is 17.1. The van der Waals surface area contributed by atoms with Gasteiger partial charge in [0, 0.05) is 42.8 Å². The van der Waals surface area contributed by atoms with E-state index in [0.717, 1.165) is 36.8 Å². The molecular weight excluding hydrogens is 447 g/mol. The Kier molecular flexibility index (Phi) is 7.67. The summed E-state index contributed by atoms with van der Waals surface area (Å²) in [5.41, 5.74) is 2.62. The molecule has 0 saturated heterocycles. The van der Waals surface area contributed by atoms with Gasteiger partial charge in [-0.05, 0) is 39.2 Å². The summed E-state index contributed by atoms with van der Waals surface area (Å²) in [7, 11) is 0. The molecule has 138 valence electrons. The van der Waals surface area contributed by atoms with Gasteiger partial charge < -0.3 is 10.6 Å². The number of aromatic nitrogens is 3. The van der Waals surface area contributed by atoms with Crippen LogP contribution in [0.2, 0.25) is 0 Å². The fraction of sp³-hybridized carbons (Fsp3) is 0.588. The number of hydrogen-bond donors (Lipinski definition) is 2. The molecule has 25 heavy (non-hydrogen) atoms. The van der Waals surface area contributed by atoms with E-state index in [9.17, 15) is 0 Å². The van der Waals surface area contributed by atoms with E-state index in [1.807, 2.05) is 11.6 Å². The standard InChI is InChI=1S/C17H26N6S.HI/c1-4-18-17(20-10-16-19-7-8-24-16)21-14-6-5-13-11-23(12(2)3)22-15(13)9-14;/h7-8,11-12,14H,4-6,9-10H2,1-3H3,(H2,18,20,21);1H. The van der Waals surface area contributed by atoms with Crippen molar-refractivity contribution in [2.75, 3.05) is 6.54 Å². The van der Waals surface area contributed by atoms with Gasteiger partial charge in [-0.15, -0.1) is 35.3 Å². The van der Waals surface area contributed by atoms with Crippen LogP contribution in [0.25, 0.3) is 0 Å². The minimum atomic E-state index is 0. The maximum atomic E-state index is 4.75. The van der Waals surface area contributed by atoms with Crippen LogP contribution in [0, 0.1) is 0 Å². The van der Waals surface area contributed by atoms with Gasteiger partial charge in [-0.25, -0.2) is 9.98 Å². The van der Waals surface area contributed by atoms with Crippen LogP contribution in [0.3, 0.4) is 0 Å². The molecule has 0 saturated carbocycles. The summed E-state index contributed by atoms with van der Waals surface area (Å²) in [6.45, 7) is 7.89. The molecule has 0 radical (unpaired) electrons. The predicted octanol–water partition coefficient (Wildman–Crippen LogP) is 3.15. The Morgan fingerprint density at radius 1 is 1.48 bits per heavy atom. The van der Waals surface area contributed by atoms with Crippen molar-refractivity contribution in [3.05, 3.63) is 34.0 Å². The highest BCUT2D eigenvalue weighted by atomic mass is 127. The molecule has 1 aliphatic rings. The molecule has 2 N–H and O–H groups in total. The van der Waals surface area contributed by atoms with Gasteiger partial charge in [0.2, 0.25) is 0 Å². The number of hydrogen-bond acceptors (Lipinski definition) is 4. The van der Waals surface area contributed by atoms with Gasteiger partial charge in [-0.1, -0.05) is 0 Å². The van der Waals surface area contributed by atoms with E-state index in [1.165, 1.54) is 11.3 Å². The quantitative estimate of drug-likeness (QED) is 0.397. The molecule has 0 bridgehead atoms. The third-order valence-electron chi connectivity index (χ3n) is 4.17. The average molecular weight is 474 g/mol. The molecule has 0 aliphatic heterocycles.